The Labute approximate surface area is 161 Å². The molecular formula is C20H21BrN2O3. The van der Waals surface area contributed by atoms with E-state index in [1.807, 2.05) is 35.1 Å². The van der Waals surface area contributed by atoms with Gasteiger partial charge in [-0.15, -0.1) is 0 Å². The molecule has 0 bridgehead atoms. The molecule has 1 heterocycles. The van der Waals surface area contributed by atoms with Gasteiger partial charge in [0.1, 0.15) is 5.75 Å². The van der Waals surface area contributed by atoms with Gasteiger partial charge in [-0.2, -0.15) is 5.10 Å². The van der Waals surface area contributed by atoms with Crippen LogP contribution in [0.3, 0.4) is 0 Å². The van der Waals surface area contributed by atoms with E-state index < -0.39 is 0 Å². The largest absolute Gasteiger partial charge is 0.493 e. The summed E-state index contributed by atoms with van der Waals surface area (Å²) in [6.45, 7) is 5.49. The molecule has 3 rings (SSSR count). The summed E-state index contributed by atoms with van der Waals surface area (Å²) in [6.07, 6.45) is 1.93. The van der Waals surface area contributed by atoms with E-state index in [1.54, 1.807) is 12.1 Å². The molecule has 0 aliphatic heterocycles. The third-order valence-electron chi connectivity index (χ3n) is 3.90. The second-order valence-electron chi connectivity index (χ2n) is 6.55. The minimum atomic E-state index is -0.351. The summed E-state index contributed by atoms with van der Waals surface area (Å²) in [5.74, 6) is 0.961. The maximum absolute atomic E-state index is 11.7. The predicted molar refractivity (Wildman–Crippen MR) is 105 cm³/mol. The maximum Gasteiger partial charge on any atom is 0.337 e. The van der Waals surface area contributed by atoms with Crippen molar-refractivity contribution >= 4 is 32.8 Å². The minimum Gasteiger partial charge on any atom is -0.493 e. The molecule has 3 aromatic rings. The van der Waals surface area contributed by atoms with E-state index in [0.29, 0.717) is 24.6 Å². The van der Waals surface area contributed by atoms with Crippen molar-refractivity contribution in [2.24, 2.45) is 5.92 Å². The lowest BCUT2D eigenvalue weighted by Gasteiger charge is -2.13. The van der Waals surface area contributed by atoms with Crippen LogP contribution in [0.25, 0.3) is 10.9 Å². The first kappa shape index (κ1) is 18.5. The van der Waals surface area contributed by atoms with E-state index in [2.05, 4.69) is 34.9 Å². The average Bonchev–Trinajstić information content (AvgIpc) is 3.01. The number of carbonyl (C=O) groups is 1. The zero-order valence-corrected chi connectivity index (χ0v) is 16.6. The van der Waals surface area contributed by atoms with Crippen molar-refractivity contribution in [3.05, 3.63) is 58.2 Å². The fraction of sp³-hybridized carbons (Fsp3) is 0.300. The van der Waals surface area contributed by atoms with Crippen LogP contribution in [0.15, 0.2) is 47.1 Å². The molecule has 0 saturated carbocycles. The van der Waals surface area contributed by atoms with Gasteiger partial charge in [0.2, 0.25) is 0 Å². The molecule has 5 nitrogen and oxygen atoms in total. The SMILES string of the molecule is COC(=O)c1ccc2nn(Cc3cc(Br)ccc3OCC(C)C)cc2c1. The van der Waals surface area contributed by atoms with Crippen LogP contribution in [-0.4, -0.2) is 29.5 Å². The van der Waals surface area contributed by atoms with E-state index in [4.69, 9.17) is 9.47 Å². The first-order valence-electron chi connectivity index (χ1n) is 8.43. The molecule has 6 heteroatoms. The van der Waals surface area contributed by atoms with Crippen LogP contribution in [0.1, 0.15) is 29.8 Å². The highest BCUT2D eigenvalue weighted by Crippen LogP contribution is 2.25. The number of methoxy groups -OCH3 is 1. The number of carbonyl (C=O) groups excluding carboxylic acids is 1. The number of halogens is 1. The number of rotatable bonds is 6. The van der Waals surface area contributed by atoms with Crippen molar-refractivity contribution in [2.75, 3.05) is 13.7 Å². The Balaban J connectivity index is 1.88. The normalized spacial score (nSPS) is 11.1. The second kappa shape index (κ2) is 7.91. The minimum absolute atomic E-state index is 0.351. The number of ether oxygens (including phenoxy) is 2. The lowest BCUT2D eigenvalue weighted by atomic mass is 10.1. The van der Waals surface area contributed by atoms with Crippen LogP contribution >= 0.6 is 15.9 Å². The van der Waals surface area contributed by atoms with Crippen LogP contribution < -0.4 is 4.74 Å². The van der Waals surface area contributed by atoms with Gasteiger partial charge in [0.05, 0.1) is 31.3 Å². The zero-order valence-electron chi connectivity index (χ0n) is 15.0. The molecule has 136 valence electrons. The Morgan fingerprint density at radius 3 is 2.77 bits per heavy atom. The van der Waals surface area contributed by atoms with Crippen LogP contribution in [0.2, 0.25) is 0 Å². The molecule has 0 aliphatic rings. The standard InChI is InChI=1S/C20H21BrN2O3/c1-13(2)12-26-19-7-5-17(21)9-16(19)11-23-10-15-8-14(20(24)25-3)4-6-18(15)22-23/h4-10,13H,11-12H2,1-3H3. The maximum atomic E-state index is 11.7. The number of benzene rings is 2. The van der Waals surface area contributed by atoms with Crippen molar-refractivity contribution in [1.82, 2.24) is 9.78 Å². The Hall–Kier alpha value is -2.34. The van der Waals surface area contributed by atoms with Crippen LogP contribution in [0, 0.1) is 5.92 Å². The van der Waals surface area contributed by atoms with Crippen molar-refractivity contribution < 1.29 is 14.3 Å². The number of fused-ring (bicyclic) bond motifs is 1. The number of hydrogen-bond donors (Lipinski definition) is 0. The van der Waals surface area contributed by atoms with Gasteiger partial charge < -0.3 is 9.47 Å². The highest BCUT2D eigenvalue weighted by molar-refractivity contribution is 9.10. The van der Waals surface area contributed by atoms with Crippen molar-refractivity contribution in [3.8, 4) is 5.75 Å². The number of esters is 1. The molecule has 0 radical (unpaired) electrons. The average molecular weight is 417 g/mol. The third-order valence-corrected chi connectivity index (χ3v) is 4.39. The highest BCUT2D eigenvalue weighted by atomic mass is 79.9. The zero-order chi connectivity index (χ0) is 18.7. The number of nitrogens with zero attached hydrogens (tertiary/aromatic N) is 2. The van der Waals surface area contributed by atoms with E-state index in [9.17, 15) is 4.79 Å². The van der Waals surface area contributed by atoms with Gasteiger partial charge >= 0.3 is 5.97 Å². The molecule has 0 unspecified atom stereocenters. The monoisotopic (exact) mass is 416 g/mol. The Morgan fingerprint density at radius 1 is 1.23 bits per heavy atom. The van der Waals surface area contributed by atoms with Crippen LogP contribution in [0.5, 0.6) is 5.75 Å². The summed E-state index contributed by atoms with van der Waals surface area (Å²) >= 11 is 3.52. The number of hydrogen-bond acceptors (Lipinski definition) is 4. The molecule has 1 aromatic heterocycles. The van der Waals surface area contributed by atoms with E-state index in [1.165, 1.54) is 7.11 Å². The Bertz CT molecular complexity index is 934. The first-order valence-corrected chi connectivity index (χ1v) is 9.22. The van der Waals surface area contributed by atoms with E-state index >= 15 is 0 Å². The van der Waals surface area contributed by atoms with Crippen LogP contribution in [-0.2, 0) is 11.3 Å². The van der Waals surface area contributed by atoms with Gasteiger partial charge in [-0.3, -0.25) is 4.68 Å². The molecule has 0 N–H and O–H groups in total. The van der Waals surface area contributed by atoms with E-state index in [-0.39, 0.29) is 5.97 Å². The Morgan fingerprint density at radius 2 is 2.04 bits per heavy atom. The molecule has 0 amide bonds. The molecule has 0 spiro atoms. The summed E-state index contributed by atoms with van der Waals surface area (Å²) in [6, 6.07) is 11.3. The first-order chi connectivity index (χ1) is 12.5. The lowest BCUT2D eigenvalue weighted by Crippen LogP contribution is -2.08. The summed E-state index contributed by atoms with van der Waals surface area (Å²) < 4.78 is 13.6. The molecule has 26 heavy (non-hydrogen) atoms. The molecular weight excluding hydrogens is 396 g/mol. The van der Waals surface area contributed by atoms with Crippen molar-refractivity contribution in [1.29, 1.82) is 0 Å². The fourth-order valence-corrected chi connectivity index (χ4v) is 3.05. The molecule has 2 aromatic carbocycles. The summed E-state index contributed by atoms with van der Waals surface area (Å²) in [4.78, 5) is 11.7. The topological polar surface area (TPSA) is 53.3 Å². The van der Waals surface area contributed by atoms with Gasteiger partial charge in [0.25, 0.3) is 0 Å². The van der Waals surface area contributed by atoms with Crippen molar-refractivity contribution in [2.45, 2.75) is 20.4 Å². The molecule has 0 fully saturated rings. The summed E-state index contributed by atoms with van der Waals surface area (Å²) in [5, 5.41) is 5.49. The third kappa shape index (κ3) is 4.25. The van der Waals surface area contributed by atoms with Gasteiger partial charge in [0.15, 0.2) is 0 Å². The summed E-state index contributed by atoms with van der Waals surface area (Å²) in [7, 11) is 1.38. The molecule has 0 aliphatic carbocycles. The van der Waals surface area contributed by atoms with E-state index in [0.717, 1.165) is 26.7 Å². The van der Waals surface area contributed by atoms with Gasteiger partial charge in [-0.1, -0.05) is 29.8 Å². The smallest absolute Gasteiger partial charge is 0.337 e. The van der Waals surface area contributed by atoms with Crippen LogP contribution in [0.4, 0.5) is 0 Å². The predicted octanol–water partition coefficient (Wildman–Crippen LogP) is 4.67. The van der Waals surface area contributed by atoms with Gasteiger partial charge in [0, 0.05) is 21.6 Å². The Kier molecular flexibility index (Phi) is 5.61. The van der Waals surface area contributed by atoms with Gasteiger partial charge in [-0.05, 0) is 42.3 Å². The summed E-state index contributed by atoms with van der Waals surface area (Å²) in [5.41, 5.74) is 2.39. The quantitative estimate of drug-likeness (QED) is 0.547. The lowest BCUT2D eigenvalue weighted by molar-refractivity contribution is 0.0601. The van der Waals surface area contributed by atoms with Crippen molar-refractivity contribution in [3.63, 3.8) is 0 Å². The van der Waals surface area contributed by atoms with Gasteiger partial charge in [-0.25, -0.2) is 4.79 Å². The number of aromatic nitrogens is 2. The molecule has 0 saturated heterocycles. The molecule has 0 atom stereocenters. The second-order valence-corrected chi connectivity index (χ2v) is 7.46. The highest BCUT2D eigenvalue weighted by Gasteiger charge is 2.11. The fourth-order valence-electron chi connectivity index (χ4n) is 2.65.